The fraction of sp³-hybridized carbons (Fsp3) is 1.00. The Kier molecular flexibility index (Phi) is 4.87. The van der Waals surface area contributed by atoms with Crippen LogP contribution in [-0.4, -0.2) is 38.6 Å². The van der Waals surface area contributed by atoms with Gasteiger partial charge in [-0.05, 0) is 70.6 Å². The molecule has 0 bridgehead atoms. The van der Waals surface area contributed by atoms with Crippen molar-refractivity contribution < 1.29 is 0 Å². The van der Waals surface area contributed by atoms with Crippen molar-refractivity contribution in [3.63, 3.8) is 0 Å². The molecule has 1 N–H and O–H groups in total. The molecule has 1 unspecified atom stereocenters. The third kappa shape index (κ3) is 3.23. The van der Waals surface area contributed by atoms with Crippen LogP contribution in [0.3, 0.4) is 0 Å². The van der Waals surface area contributed by atoms with Crippen LogP contribution in [-0.2, 0) is 0 Å². The molecule has 0 amide bonds. The van der Waals surface area contributed by atoms with E-state index < -0.39 is 0 Å². The van der Waals surface area contributed by atoms with E-state index in [1.165, 1.54) is 71.0 Å². The van der Waals surface area contributed by atoms with Gasteiger partial charge in [0.2, 0.25) is 0 Å². The van der Waals surface area contributed by atoms with Crippen LogP contribution in [0.15, 0.2) is 0 Å². The fourth-order valence-corrected chi connectivity index (χ4v) is 4.15. The van der Waals surface area contributed by atoms with Gasteiger partial charge >= 0.3 is 0 Å². The van der Waals surface area contributed by atoms with Gasteiger partial charge in [0.25, 0.3) is 0 Å². The highest BCUT2D eigenvalue weighted by molar-refractivity contribution is 4.91. The smallest absolute Gasteiger partial charge is 0.000795 e. The molecule has 1 atom stereocenters. The summed E-state index contributed by atoms with van der Waals surface area (Å²) in [6.07, 6.45) is 11.7. The molecule has 1 aliphatic carbocycles. The summed E-state index contributed by atoms with van der Waals surface area (Å²) in [7, 11) is 4.43. The highest BCUT2D eigenvalue weighted by atomic mass is 15.1. The monoisotopic (exact) mass is 238 g/mol. The Hall–Kier alpha value is -0.0800. The second-order valence-corrected chi connectivity index (χ2v) is 6.38. The van der Waals surface area contributed by atoms with E-state index in [0.29, 0.717) is 5.41 Å². The van der Waals surface area contributed by atoms with Crippen molar-refractivity contribution >= 4 is 0 Å². The second kappa shape index (κ2) is 6.19. The van der Waals surface area contributed by atoms with Gasteiger partial charge in [-0.3, -0.25) is 0 Å². The van der Waals surface area contributed by atoms with Crippen LogP contribution in [0, 0.1) is 11.3 Å². The molecule has 2 fully saturated rings. The maximum absolute atomic E-state index is 3.50. The minimum Gasteiger partial charge on any atom is -0.319 e. The van der Waals surface area contributed by atoms with Crippen molar-refractivity contribution in [3.05, 3.63) is 0 Å². The molecule has 0 aromatic carbocycles. The molecule has 17 heavy (non-hydrogen) atoms. The molecule has 1 heterocycles. The van der Waals surface area contributed by atoms with Gasteiger partial charge in [0, 0.05) is 6.54 Å². The Morgan fingerprint density at radius 1 is 1.06 bits per heavy atom. The van der Waals surface area contributed by atoms with Gasteiger partial charge in [-0.1, -0.05) is 19.3 Å². The summed E-state index contributed by atoms with van der Waals surface area (Å²) in [6.45, 7) is 3.85. The average Bonchev–Trinajstić information content (AvgIpc) is 2.55. The Morgan fingerprint density at radius 3 is 2.53 bits per heavy atom. The minimum atomic E-state index is 0.611. The summed E-state index contributed by atoms with van der Waals surface area (Å²) >= 11 is 0. The van der Waals surface area contributed by atoms with Gasteiger partial charge < -0.3 is 10.2 Å². The summed E-state index contributed by atoms with van der Waals surface area (Å²) in [5.74, 6) is 0.996. The highest BCUT2D eigenvalue weighted by Gasteiger charge is 2.39. The summed E-state index contributed by atoms with van der Waals surface area (Å²) in [4.78, 5) is 2.53. The quantitative estimate of drug-likeness (QED) is 0.813. The normalized spacial score (nSPS) is 33.5. The highest BCUT2D eigenvalue weighted by Crippen LogP contribution is 2.45. The molecular weight excluding hydrogens is 208 g/mol. The van der Waals surface area contributed by atoms with Gasteiger partial charge in [-0.15, -0.1) is 0 Å². The van der Waals surface area contributed by atoms with E-state index in [2.05, 4.69) is 24.3 Å². The summed E-state index contributed by atoms with van der Waals surface area (Å²) < 4.78 is 0. The van der Waals surface area contributed by atoms with Gasteiger partial charge in [0.05, 0.1) is 0 Å². The molecule has 0 spiro atoms. The standard InChI is InChI=1S/C15H30N2/c1-16-13-15(14-7-4-3-5-8-14)9-6-11-17(2)12-10-15/h14,16H,3-13H2,1-2H3. The van der Waals surface area contributed by atoms with Crippen molar-refractivity contribution in [2.45, 2.75) is 51.4 Å². The maximum Gasteiger partial charge on any atom is 0.000795 e. The van der Waals surface area contributed by atoms with Gasteiger partial charge in [-0.25, -0.2) is 0 Å². The van der Waals surface area contributed by atoms with E-state index in [-0.39, 0.29) is 0 Å². The van der Waals surface area contributed by atoms with Crippen LogP contribution in [0.2, 0.25) is 0 Å². The first-order valence-corrected chi connectivity index (χ1v) is 7.60. The van der Waals surface area contributed by atoms with E-state index in [4.69, 9.17) is 0 Å². The Bertz CT molecular complexity index is 223. The van der Waals surface area contributed by atoms with E-state index in [9.17, 15) is 0 Å². The SMILES string of the molecule is CNCC1(C2CCCCC2)CCCN(C)CC1. The van der Waals surface area contributed by atoms with E-state index >= 15 is 0 Å². The number of hydrogen-bond donors (Lipinski definition) is 1. The van der Waals surface area contributed by atoms with Crippen molar-refractivity contribution in [1.29, 1.82) is 0 Å². The molecule has 1 saturated heterocycles. The number of rotatable bonds is 3. The number of nitrogens with zero attached hydrogens (tertiary/aromatic N) is 1. The summed E-state index contributed by atoms with van der Waals surface area (Å²) in [6, 6.07) is 0. The first kappa shape index (κ1) is 13.4. The van der Waals surface area contributed by atoms with Crippen LogP contribution >= 0.6 is 0 Å². The Morgan fingerprint density at radius 2 is 1.82 bits per heavy atom. The first-order chi connectivity index (χ1) is 8.27. The largest absolute Gasteiger partial charge is 0.319 e. The lowest BCUT2D eigenvalue weighted by Gasteiger charge is -2.42. The zero-order chi connectivity index (χ0) is 12.1. The summed E-state index contributed by atoms with van der Waals surface area (Å²) in [5.41, 5.74) is 0.611. The van der Waals surface area contributed by atoms with Crippen LogP contribution < -0.4 is 5.32 Å². The fourth-order valence-electron chi connectivity index (χ4n) is 4.15. The third-order valence-corrected chi connectivity index (χ3v) is 5.21. The van der Waals surface area contributed by atoms with Crippen LogP contribution in [0.1, 0.15) is 51.4 Å². The summed E-state index contributed by atoms with van der Waals surface area (Å²) in [5, 5.41) is 3.50. The molecule has 0 radical (unpaired) electrons. The molecule has 2 aliphatic rings. The molecule has 2 nitrogen and oxygen atoms in total. The molecule has 1 aliphatic heterocycles. The molecule has 2 heteroatoms. The topological polar surface area (TPSA) is 15.3 Å². The zero-order valence-corrected chi connectivity index (χ0v) is 11.8. The third-order valence-electron chi connectivity index (χ3n) is 5.21. The zero-order valence-electron chi connectivity index (χ0n) is 11.8. The van der Waals surface area contributed by atoms with Crippen molar-refractivity contribution in [1.82, 2.24) is 10.2 Å². The van der Waals surface area contributed by atoms with E-state index in [1.807, 2.05) is 0 Å². The lowest BCUT2D eigenvalue weighted by Crippen LogP contribution is -2.41. The second-order valence-electron chi connectivity index (χ2n) is 6.38. The molecular formula is C15H30N2. The Labute approximate surface area is 107 Å². The van der Waals surface area contributed by atoms with Crippen molar-refractivity contribution in [2.24, 2.45) is 11.3 Å². The predicted octanol–water partition coefficient (Wildman–Crippen LogP) is 2.89. The van der Waals surface area contributed by atoms with E-state index in [1.54, 1.807) is 0 Å². The van der Waals surface area contributed by atoms with Crippen LogP contribution in [0.25, 0.3) is 0 Å². The number of nitrogens with one attached hydrogen (secondary N) is 1. The molecule has 2 rings (SSSR count). The van der Waals surface area contributed by atoms with Gasteiger partial charge in [-0.2, -0.15) is 0 Å². The van der Waals surface area contributed by atoms with Crippen LogP contribution in [0.5, 0.6) is 0 Å². The predicted molar refractivity (Wildman–Crippen MR) is 74.3 cm³/mol. The van der Waals surface area contributed by atoms with Crippen molar-refractivity contribution in [3.8, 4) is 0 Å². The average molecular weight is 238 g/mol. The molecule has 0 aromatic heterocycles. The van der Waals surface area contributed by atoms with Gasteiger partial charge in [0.15, 0.2) is 0 Å². The van der Waals surface area contributed by atoms with Crippen LogP contribution in [0.4, 0.5) is 0 Å². The molecule has 100 valence electrons. The van der Waals surface area contributed by atoms with Crippen molar-refractivity contribution in [2.75, 3.05) is 33.7 Å². The first-order valence-electron chi connectivity index (χ1n) is 7.60. The lowest BCUT2D eigenvalue weighted by molar-refractivity contribution is 0.0957. The minimum absolute atomic E-state index is 0.611. The van der Waals surface area contributed by atoms with E-state index in [0.717, 1.165) is 5.92 Å². The lowest BCUT2D eigenvalue weighted by atomic mass is 9.65. The number of likely N-dealkylation sites (tertiary alicyclic amines) is 1. The molecule has 0 aromatic rings. The maximum atomic E-state index is 3.50. The Balaban J connectivity index is 2.06. The number of hydrogen-bond acceptors (Lipinski definition) is 2. The van der Waals surface area contributed by atoms with Gasteiger partial charge in [0.1, 0.15) is 0 Å². The molecule has 1 saturated carbocycles.